The molecule has 1 unspecified atom stereocenters. The Hall–Kier alpha value is -2.77. The van der Waals surface area contributed by atoms with E-state index < -0.39 is 12.0 Å². The van der Waals surface area contributed by atoms with Crippen LogP contribution in [0.4, 0.5) is 9.59 Å². The van der Waals surface area contributed by atoms with Crippen molar-refractivity contribution in [1.29, 1.82) is 0 Å². The van der Waals surface area contributed by atoms with Crippen LogP contribution in [-0.2, 0) is 20.9 Å². The van der Waals surface area contributed by atoms with Gasteiger partial charge in [0.15, 0.2) is 0 Å². The number of ether oxygens (including phenoxy) is 2. The Morgan fingerprint density at radius 1 is 1.15 bits per heavy atom. The lowest BCUT2D eigenvalue weighted by atomic mass is 10.0. The number of likely N-dealkylation sites (tertiary alicyclic amines) is 1. The second-order valence-electron chi connectivity index (χ2n) is 6.87. The Balaban J connectivity index is 1.54. The van der Waals surface area contributed by atoms with Gasteiger partial charge in [-0.3, -0.25) is 0 Å². The maximum Gasteiger partial charge on any atom is 0.410 e. The van der Waals surface area contributed by atoms with E-state index in [0.717, 1.165) is 5.56 Å². The Morgan fingerprint density at radius 2 is 1.81 bits per heavy atom. The summed E-state index contributed by atoms with van der Waals surface area (Å²) >= 11 is 0. The Kier molecular flexibility index (Phi) is 5.83. The molecule has 0 spiro atoms. The lowest BCUT2D eigenvalue weighted by molar-refractivity contribution is -0.145. The first-order chi connectivity index (χ1) is 13.0. The van der Waals surface area contributed by atoms with Crippen LogP contribution in [0.3, 0.4) is 0 Å². The van der Waals surface area contributed by atoms with Crippen LogP contribution in [0.2, 0.25) is 0 Å². The van der Waals surface area contributed by atoms with Gasteiger partial charge in [0.25, 0.3) is 0 Å². The minimum atomic E-state index is -0.589. The summed E-state index contributed by atoms with van der Waals surface area (Å²) in [4.78, 5) is 41.5. The predicted molar refractivity (Wildman–Crippen MR) is 96.9 cm³/mol. The number of benzene rings is 1. The van der Waals surface area contributed by atoms with Gasteiger partial charge in [-0.25, -0.2) is 14.4 Å². The van der Waals surface area contributed by atoms with Crippen molar-refractivity contribution >= 4 is 18.1 Å². The molecule has 0 radical (unpaired) electrons. The molecule has 1 aromatic carbocycles. The van der Waals surface area contributed by atoms with Crippen molar-refractivity contribution in [3.05, 3.63) is 35.9 Å². The molecule has 0 bridgehead atoms. The van der Waals surface area contributed by atoms with Gasteiger partial charge in [-0.15, -0.1) is 0 Å². The first kappa shape index (κ1) is 19.0. The summed E-state index contributed by atoms with van der Waals surface area (Å²) in [5.74, 6) is -0.405. The average molecular weight is 375 g/mol. The number of likely N-dealkylation sites (N-methyl/N-ethyl adjacent to an activating group) is 1. The molecular weight excluding hydrogens is 350 g/mol. The highest BCUT2D eigenvalue weighted by atomic mass is 16.6. The van der Waals surface area contributed by atoms with Crippen LogP contribution in [0.25, 0.3) is 0 Å². The lowest BCUT2D eigenvalue weighted by Gasteiger charge is -2.37. The van der Waals surface area contributed by atoms with Gasteiger partial charge >= 0.3 is 18.1 Å². The predicted octanol–water partition coefficient (Wildman–Crippen LogP) is 1.70. The number of rotatable bonds is 4. The fourth-order valence-electron chi connectivity index (χ4n) is 3.63. The first-order valence-corrected chi connectivity index (χ1v) is 9.08. The number of nitrogens with zero attached hydrogens (tertiary/aromatic N) is 3. The molecule has 1 aromatic rings. The molecule has 0 aliphatic carbocycles. The third kappa shape index (κ3) is 4.15. The highest BCUT2D eigenvalue weighted by Gasteiger charge is 2.45. The van der Waals surface area contributed by atoms with Crippen LogP contribution in [0.1, 0.15) is 18.4 Å². The Morgan fingerprint density at radius 3 is 2.44 bits per heavy atom. The van der Waals surface area contributed by atoms with Gasteiger partial charge in [-0.05, 0) is 18.4 Å². The molecule has 2 fully saturated rings. The molecule has 2 heterocycles. The van der Waals surface area contributed by atoms with E-state index in [0.29, 0.717) is 32.5 Å². The third-order valence-electron chi connectivity index (χ3n) is 5.12. The summed E-state index contributed by atoms with van der Waals surface area (Å²) in [5.41, 5.74) is 0.937. The molecule has 2 aliphatic rings. The van der Waals surface area contributed by atoms with Gasteiger partial charge in [0, 0.05) is 26.2 Å². The van der Waals surface area contributed by atoms with Crippen molar-refractivity contribution in [2.75, 3.05) is 33.8 Å². The fraction of sp³-hybridized carbons (Fsp3) is 0.526. The van der Waals surface area contributed by atoms with Gasteiger partial charge in [-0.2, -0.15) is 0 Å². The van der Waals surface area contributed by atoms with E-state index >= 15 is 0 Å². The zero-order chi connectivity index (χ0) is 19.4. The Bertz CT molecular complexity index is 688. The number of urea groups is 1. The summed E-state index contributed by atoms with van der Waals surface area (Å²) < 4.78 is 10.2. The summed E-state index contributed by atoms with van der Waals surface area (Å²) in [6, 6.07) is 8.67. The van der Waals surface area contributed by atoms with Crippen LogP contribution in [0.5, 0.6) is 0 Å². The van der Waals surface area contributed by atoms with Gasteiger partial charge in [0.2, 0.25) is 0 Å². The Labute approximate surface area is 158 Å². The molecule has 8 heteroatoms. The molecule has 0 aromatic heterocycles. The number of carbonyl (C=O) groups is 3. The van der Waals surface area contributed by atoms with E-state index in [1.165, 1.54) is 12.0 Å². The van der Waals surface area contributed by atoms with Crippen LogP contribution in [-0.4, -0.2) is 78.7 Å². The summed E-state index contributed by atoms with van der Waals surface area (Å²) in [5, 5.41) is 0. The zero-order valence-electron chi connectivity index (χ0n) is 15.7. The van der Waals surface area contributed by atoms with E-state index in [-0.39, 0.29) is 24.8 Å². The summed E-state index contributed by atoms with van der Waals surface area (Å²) in [6.45, 7) is 1.53. The van der Waals surface area contributed by atoms with Crippen molar-refractivity contribution in [2.45, 2.75) is 31.5 Å². The van der Waals surface area contributed by atoms with E-state index in [9.17, 15) is 14.4 Å². The molecule has 2 saturated heterocycles. The van der Waals surface area contributed by atoms with Gasteiger partial charge in [0.05, 0.1) is 13.7 Å². The number of amides is 3. The third-order valence-corrected chi connectivity index (χ3v) is 5.12. The summed E-state index contributed by atoms with van der Waals surface area (Å²) in [7, 11) is 3.00. The molecular formula is C19H25N3O5. The van der Waals surface area contributed by atoms with Crippen LogP contribution >= 0.6 is 0 Å². The smallest absolute Gasteiger partial charge is 0.410 e. The topological polar surface area (TPSA) is 79.4 Å². The SMILES string of the molecule is COC(=O)C1CN(C)C(=O)N1C1CCN(C(=O)OCc2ccccc2)CC1. The van der Waals surface area contributed by atoms with Crippen molar-refractivity contribution in [1.82, 2.24) is 14.7 Å². The molecule has 146 valence electrons. The number of esters is 1. The normalized spacial score (nSPS) is 20.7. The largest absolute Gasteiger partial charge is 0.467 e. The van der Waals surface area contributed by atoms with E-state index in [1.807, 2.05) is 30.3 Å². The van der Waals surface area contributed by atoms with Crippen LogP contribution in [0.15, 0.2) is 30.3 Å². The fourth-order valence-corrected chi connectivity index (χ4v) is 3.63. The molecule has 27 heavy (non-hydrogen) atoms. The zero-order valence-corrected chi connectivity index (χ0v) is 15.7. The van der Waals surface area contributed by atoms with E-state index in [4.69, 9.17) is 9.47 Å². The molecule has 3 amide bonds. The van der Waals surface area contributed by atoms with Gasteiger partial charge < -0.3 is 24.2 Å². The highest BCUT2D eigenvalue weighted by molar-refractivity contribution is 5.87. The van der Waals surface area contributed by atoms with Crippen molar-refractivity contribution < 1.29 is 23.9 Å². The number of methoxy groups -OCH3 is 1. The van der Waals surface area contributed by atoms with Crippen LogP contribution < -0.4 is 0 Å². The van der Waals surface area contributed by atoms with Gasteiger partial charge in [-0.1, -0.05) is 30.3 Å². The monoisotopic (exact) mass is 375 g/mol. The quantitative estimate of drug-likeness (QED) is 0.749. The van der Waals surface area contributed by atoms with E-state index in [2.05, 4.69) is 0 Å². The number of hydrogen-bond acceptors (Lipinski definition) is 5. The van der Waals surface area contributed by atoms with E-state index in [1.54, 1.807) is 16.8 Å². The second kappa shape index (κ2) is 8.28. The van der Waals surface area contributed by atoms with Crippen molar-refractivity contribution in [3.8, 4) is 0 Å². The maximum atomic E-state index is 12.4. The second-order valence-corrected chi connectivity index (χ2v) is 6.87. The number of carbonyl (C=O) groups excluding carboxylic acids is 3. The molecule has 3 rings (SSSR count). The molecule has 8 nitrogen and oxygen atoms in total. The van der Waals surface area contributed by atoms with Crippen LogP contribution in [0, 0.1) is 0 Å². The van der Waals surface area contributed by atoms with Crippen molar-refractivity contribution in [3.63, 3.8) is 0 Å². The molecule has 0 N–H and O–H groups in total. The highest BCUT2D eigenvalue weighted by Crippen LogP contribution is 2.25. The first-order valence-electron chi connectivity index (χ1n) is 9.08. The summed E-state index contributed by atoms with van der Waals surface area (Å²) in [6.07, 6.45) is 0.854. The maximum absolute atomic E-state index is 12.4. The van der Waals surface area contributed by atoms with Crippen molar-refractivity contribution in [2.24, 2.45) is 0 Å². The average Bonchev–Trinajstić information content (AvgIpc) is 3.01. The minimum absolute atomic E-state index is 0.0928. The standard InChI is InChI=1S/C19H25N3O5/c1-20-12-16(17(23)26-2)22(18(20)24)15-8-10-21(11-9-15)19(25)27-13-14-6-4-3-5-7-14/h3-7,15-16H,8-13H2,1-2H3. The molecule has 2 aliphatic heterocycles. The minimum Gasteiger partial charge on any atom is -0.467 e. The van der Waals surface area contributed by atoms with Gasteiger partial charge in [0.1, 0.15) is 12.6 Å². The molecule has 1 atom stereocenters. The number of piperidine rings is 1. The lowest BCUT2D eigenvalue weighted by Crippen LogP contribution is -2.52. The molecule has 0 saturated carbocycles. The number of hydrogen-bond donors (Lipinski definition) is 0.